The lowest BCUT2D eigenvalue weighted by atomic mass is 10.1. The van der Waals surface area contributed by atoms with Crippen molar-refractivity contribution in [2.75, 3.05) is 18.0 Å². The first-order chi connectivity index (χ1) is 12.4. The van der Waals surface area contributed by atoms with Gasteiger partial charge >= 0.3 is 5.63 Å². The molecule has 0 radical (unpaired) electrons. The quantitative estimate of drug-likeness (QED) is 0.899. The van der Waals surface area contributed by atoms with Gasteiger partial charge in [-0.05, 0) is 24.1 Å². The molecular formula is C18H20FN3O4. The largest absolute Gasteiger partial charge is 0.369 e. The van der Waals surface area contributed by atoms with E-state index in [0.717, 1.165) is 0 Å². The molecule has 138 valence electrons. The number of nitrogens with one attached hydrogen (secondary N) is 1. The lowest BCUT2D eigenvalue weighted by molar-refractivity contribution is -0.120. The van der Waals surface area contributed by atoms with E-state index in [1.54, 1.807) is 12.1 Å². The third-order valence-corrected chi connectivity index (χ3v) is 4.32. The van der Waals surface area contributed by atoms with Crippen LogP contribution < -0.4 is 15.8 Å². The topological polar surface area (TPSA) is 84.5 Å². The van der Waals surface area contributed by atoms with Crippen molar-refractivity contribution in [1.82, 2.24) is 10.1 Å². The van der Waals surface area contributed by atoms with Gasteiger partial charge in [-0.2, -0.15) is 4.74 Å². The number of anilines is 1. The monoisotopic (exact) mass is 361 g/mol. The molecule has 0 spiro atoms. The van der Waals surface area contributed by atoms with Crippen molar-refractivity contribution in [2.45, 2.75) is 32.9 Å². The second-order valence-corrected chi connectivity index (χ2v) is 6.28. The van der Waals surface area contributed by atoms with Crippen molar-refractivity contribution in [3.05, 3.63) is 40.6 Å². The van der Waals surface area contributed by atoms with Gasteiger partial charge < -0.3 is 14.7 Å². The van der Waals surface area contributed by atoms with Crippen LogP contribution in [0.25, 0.3) is 11.1 Å². The van der Waals surface area contributed by atoms with Gasteiger partial charge in [-0.15, -0.1) is 0 Å². The molecular weight excluding hydrogens is 341 g/mol. The molecule has 0 atom stereocenters. The Bertz CT molecular complexity index is 887. The van der Waals surface area contributed by atoms with Crippen molar-refractivity contribution >= 4 is 17.4 Å². The standard InChI is InChI=1S/C18H20FN3O4/c1-12(23)20-11-22-10-15(18(25)26-22)13-4-5-17(16(19)9-13)21-7-2-3-14(24)6-8-21/h4-5,9-10H,2-3,6-8,11H2,1H3,(H,20,23). The maximum atomic E-state index is 14.6. The summed E-state index contributed by atoms with van der Waals surface area (Å²) >= 11 is 0. The second kappa shape index (κ2) is 7.55. The molecule has 1 N–H and O–H groups in total. The molecule has 1 saturated heterocycles. The molecule has 0 unspecified atom stereocenters. The number of aromatic nitrogens is 1. The lowest BCUT2D eigenvalue weighted by Gasteiger charge is -2.23. The van der Waals surface area contributed by atoms with Crippen LogP contribution in [0.15, 0.2) is 33.7 Å². The van der Waals surface area contributed by atoms with Crippen molar-refractivity contribution in [2.24, 2.45) is 0 Å². The molecule has 1 fully saturated rings. The Morgan fingerprint density at radius 2 is 2.08 bits per heavy atom. The number of nitrogens with zero attached hydrogens (tertiary/aromatic N) is 2. The number of ketones is 1. The summed E-state index contributed by atoms with van der Waals surface area (Å²) in [4.78, 5) is 36.3. The zero-order valence-corrected chi connectivity index (χ0v) is 14.5. The fraction of sp³-hybridized carbons (Fsp3) is 0.389. The van der Waals surface area contributed by atoms with Crippen LogP contribution in [-0.4, -0.2) is 29.5 Å². The Kier molecular flexibility index (Phi) is 5.20. The fourth-order valence-electron chi connectivity index (χ4n) is 2.97. The van der Waals surface area contributed by atoms with Crippen LogP contribution in [0.2, 0.25) is 0 Å². The zero-order chi connectivity index (χ0) is 18.7. The highest BCUT2D eigenvalue weighted by Crippen LogP contribution is 2.26. The summed E-state index contributed by atoms with van der Waals surface area (Å²) in [6.45, 7) is 2.49. The van der Waals surface area contributed by atoms with E-state index in [1.165, 1.54) is 23.9 Å². The Labute approximate surface area is 149 Å². The number of halogens is 1. The molecule has 1 aromatic carbocycles. The van der Waals surface area contributed by atoms with Gasteiger partial charge in [0.05, 0.1) is 17.4 Å². The zero-order valence-electron chi connectivity index (χ0n) is 14.5. The second-order valence-electron chi connectivity index (χ2n) is 6.28. The van der Waals surface area contributed by atoms with Gasteiger partial charge in [-0.3, -0.25) is 9.59 Å². The summed E-state index contributed by atoms with van der Waals surface area (Å²) in [6, 6.07) is 4.56. The molecule has 2 heterocycles. The molecule has 1 aromatic heterocycles. The normalized spacial score (nSPS) is 15.0. The number of benzene rings is 1. The Balaban J connectivity index is 1.82. The van der Waals surface area contributed by atoms with E-state index in [-0.39, 0.29) is 23.9 Å². The first kappa shape index (κ1) is 17.9. The molecule has 8 heteroatoms. The van der Waals surface area contributed by atoms with Crippen LogP contribution in [0.5, 0.6) is 0 Å². The minimum Gasteiger partial charge on any atom is -0.369 e. The van der Waals surface area contributed by atoms with Crippen LogP contribution in [0, 0.1) is 5.82 Å². The number of hydrogen-bond acceptors (Lipinski definition) is 5. The average molecular weight is 361 g/mol. The van der Waals surface area contributed by atoms with Crippen molar-refractivity contribution in [3.63, 3.8) is 0 Å². The summed E-state index contributed by atoms with van der Waals surface area (Å²) in [5.74, 6) is -0.511. The van der Waals surface area contributed by atoms with Gasteiger partial charge in [0.15, 0.2) is 0 Å². The number of carbonyl (C=O) groups is 2. The third kappa shape index (κ3) is 4.01. The summed E-state index contributed by atoms with van der Waals surface area (Å²) in [5.41, 5.74) is 0.424. The Morgan fingerprint density at radius 1 is 1.27 bits per heavy atom. The number of carbonyl (C=O) groups excluding carboxylic acids is 2. The molecule has 7 nitrogen and oxygen atoms in total. The Morgan fingerprint density at radius 3 is 2.81 bits per heavy atom. The van der Waals surface area contributed by atoms with E-state index in [9.17, 15) is 18.8 Å². The van der Waals surface area contributed by atoms with E-state index in [0.29, 0.717) is 43.6 Å². The first-order valence-electron chi connectivity index (χ1n) is 8.46. The number of Topliss-reactive ketones (excluding diaryl/α,β-unsaturated/α-hetero) is 1. The van der Waals surface area contributed by atoms with Gasteiger partial charge in [0, 0.05) is 32.9 Å². The smallest absolute Gasteiger partial charge is 0.365 e. The SMILES string of the molecule is CC(=O)NCn1cc(-c2ccc(N3CCCC(=O)CC3)c(F)c2)c(=O)o1. The van der Waals surface area contributed by atoms with E-state index in [1.807, 2.05) is 4.90 Å². The molecule has 0 aliphatic carbocycles. The molecule has 3 rings (SSSR count). The maximum absolute atomic E-state index is 14.6. The van der Waals surface area contributed by atoms with E-state index in [2.05, 4.69) is 5.32 Å². The van der Waals surface area contributed by atoms with Crippen LogP contribution in [0.4, 0.5) is 10.1 Å². The van der Waals surface area contributed by atoms with Crippen molar-refractivity contribution in [1.29, 1.82) is 0 Å². The van der Waals surface area contributed by atoms with Crippen LogP contribution >= 0.6 is 0 Å². The molecule has 2 aromatic rings. The van der Waals surface area contributed by atoms with E-state index >= 15 is 0 Å². The first-order valence-corrected chi connectivity index (χ1v) is 8.46. The highest BCUT2D eigenvalue weighted by atomic mass is 19.1. The predicted molar refractivity (Wildman–Crippen MR) is 93.2 cm³/mol. The van der Waals surface area contributed by atoms with Crippen molar-refractivity contribution in [3.8, 4) is 11.1 Å². The third-order valence-electron chi connectivity index (χ3n) is 4.32. The number of rotatable bonds is 4. The van der Waals surface area contributed by atoms with Crippen LogP contribution in [-0.2, 0) is 16.3 Å². The predicted octanol–water partition coefficient (Wildman–Crippen LogP) is 1.90. The van der Waals surface area contributed by atoms with Gasteiger partial charge in [-0.1, -0.05) is 6.07 Å². The molecule has 0 saturated carbocycles. The van der Waals surface area contributed by atoms with Crippen LogP contribution in [0.1, 0.15) is 26.2 Å². The minimum absolute atomic E-state index is 0.0208. The van der Waals surface area contributed by atoms with Gasteiger partial charge in [-0.25, -0.2) is 9.18 Å². The van der Waals surface area contributed by atoms with E-state index in [4.69, 9.17) is 4.52 Å². The van der Waals surface area contributed by atoms with Gasteiger partial charge in [0.2, 0.25) is 5.91 Å². The number of hydrogen-bond donors (Lipinski definition) is 1. The summed E-state index contributed by atoms with van der Waals surface area (Å²) in [7, 11) is 0. The number of amides is 1. The minimum atomic E-state index is -0.608. The van der Waals surface area contributed by atoms with E-state index < -0.39 is 11.4 Å². The van der Waals surface area contributed by atoms with Gasteiger partial charge in [0.1, 0.15) is 18.3 Å². The molecule has 1 aliphatic rings. The van der Waals surface area contributed by atoms with Crippen molar-refractivity contribution < 1.29 is 18.5 Å². The fourth-order valence-corrected chi connectivity index (χ4v) is 2.97. The highest BCUT2D eigenvalue weighted by Gasteiger charge is 2.19. The summed E-state index contributed by atoms with van der Waals surface area (Å²) in [5, 5.41) is 2.51. The molecule has 1 amide bonds. The maximum Gasteiger partial charge on any atom is 0.365 e. The average Bonchev–Trinajstić information content (AvgIpc) is 2.83. The lowest BCUT2D eigenvalue weighted by Crippen LogP contribution is -2.25. The molecule has 26 heavy (non-hydrogen) atoms. The molecule has 0 bridgehead atoms. The molecule has 1 aliphatic heterocycles. The van der Waals surface area contributed by atoms with Crippen LogP contribution in [0.3, 0.4) is 0 Å². The Hall–Kier alpha value is -2.90. The summed E-state index contributed by atoms with van der Waals surface area (Å²) < 4.78 is 20.8. The van der Waals surface area contributed by atoms with Gasteiger partial charge in [0.25, 0.3) is 0 Å². The summed E-state index contributed by atoms with van der Waals surface area (Å²) in [6.07, 6.45) is 3.07. The highest BCUT2D eigenvalue weighted by molar-refractivity contribution is 5.79.